The summed E-state index contributed by atoms with van der Waals surface area (Å²) in [5, 5.41) is 0. The Balaban J connectivity index is 1.48. The molecule has 0 heteroatoms. The van der Waals surface area contributed by atoms with Crippen LogP contribution in [0.5, 0.6) is 0 Å². The van der Waals surface area contributed by atoms with Gasteiger partial charge in [0, 0.05) is 10.8 Å². The fraction of sp³-hybridized carbons (Fsp3) is 0.818. The molecule has 0 saturated heterocycles. The average molecular weight is 292 g/mol. The summed E-state index contributed by atoms with van der Waals surface area (Å²) in [5.41, 5.74) is 5.20. The van der Waals surface area contributed by atoms with E-state index >= 15 is 0 Å². The summed E-state index contributed by atoms with van der Waals surface area (Å²) >= 11 is 0. The van der Waals surface area contributed by atoms with E-state index in [4.69, 9.17) is 0 Å². The van der Waals surface area contributed by atoms with Gasteiger partial charge in [-0.3, -0.25) is 0 Å². The second kappa shape index (κ2) is 3.45. The molecule has 0 amide bonds. The highest BCUT2D eigenvalue weighted by Gasteiger charge is 2.71. The van der Waals surface area contributed by atoms with Crippen molar-refractivity contribution in [3.05, 3.63) is 23.3 Å². The van der Waals surface area contributed by atoms with E-state index in [2.05, 4.69) is 12.2 Å². The highest BCUT2D eigenvalue weighted by Crippen LogP contribution is 2.80. The molecular weight excluding hydrogens is 264 g/mol. The molecule has 5 saturated carbocycles. The molecule has 22 heavy (non-hydrogen) atoms. The largest absolute Gasteiger partial charge is 0.0773 e. The van der Waals surface area contributed by atoms with Crippen molar-refractivity contribution in [1.82, 2.24) is 0 Å². The van der Waals surface area contributed by atoms with Gasteiger partial charge in [0.2, 0.25) is 0 Å². The lowest BCUT2D eigenvalue weighted by Gasteiger charge is -2.69. The van der Waals surface area contributed by atoms with Crippen molar-refractivity contribution < 1.29 is 0 Å². The molecule has 9 rings (SSSR count). The molecule has 5 fully saturated rings. The van der Waals surface area contributed by atoms with Gasteiger partial charge in [-0.1, -0.05) is 12.2 Å². The van der Waals surface area contributed by atoms with Crippen LogP contribution in [0.2, 0.25) is 0 Å². The van der Waals surface area contributed by atoms with Gasteiger partial charge in [0.1, 0.15) is 0 Å². The Morgan fingerprint density at radius 2 is 0.909 bits per heavy atom. The van der Waals surface area contributed by atoms with Crippen LogP contribution >= 0.6 is 0 Å². The zero-order chi connectivity index (χ0) is 14.1. The van der Waals surface area contributed by atoms with Crippen LogP contribution in [0.4, 0.5) is 0 Å². The molecule has 9 aliphatic rings. The predicted molar refractivity (Wildman–Crippen MR) is 88.1 cm³/mol. The van der Waals surface area contributed by atoms with Crippen molar-refractivity contribution >= 4 is 0 Å². The molecule has 0 aliphatic heterocycles. The monoisotopic (exact) mass is 292 g/mol. The van der Waals surface area contributed by atoms with E-state index in [-0.39, 0.29) is 0 Å². The van der Waals surface area contributed by atoms with Gasteiger partial charge >= 0.3 is 0 Å². The molecule has 0 aromatic rings. The topological polar surface area (TPSA) is 0 Å². The van der Waals surface area contributed by atoms with Gasteiger partial charge in [-0.25, -0.2) is 0 Å². The Kier molecular flexibility index (Phi) is 1.87. The number of allylic oxidation sites excluding steroid dienone is 4. The molecule has 2 spiro atoms. The minimum absolute atomic E-state index is 0.674. The van der Waals surface area contributed by atoms with E-state index in [1.54, 1.807) is 64.2 Å². The van der Waals surface area contributed by atoms with Gasteiger partial charge in [0.15, 0.2) is 0 Å². The smallest absolute Gasteiger partial charge is 0.00550 e. The Labute approximate surface area is 134 Å². The van der Waals surface area contributed by atoms with Crippen molar-refractivity contribution in [1.29, 1.82) is 0 Å². The highest BCUT2D eigenvalue weighted by atomic mass is 14.7. The first-order valence-corrected chi connectivity index (χ1v) is 10.2. The van der Waals surface area contributed by atoms with E-state index < -0.39 is 0 Å². The molecule has 0 heterocycles. The van der Waals surface area contributed by atoms with Crippen molar-refractivity contribution in [2.45, 2.75) is 64.2 Å². The lowest BCUT2D eigenvalue weighted by atomic mass is 9.34. The first-order valence-electron chi connectivity index (χ1n) is 10.2. The van der Waals surface area contributed by atoms with Crippen LogP contribution in [0.1, 0.15) is 64.2 Å². The SMILES string of the molecule is C1=C2C3=CC4CC5CC(C4)CC3(C5)C23CC2CC1CC(C2)C3. The highest BCUT2D eigenvalue weighted by molar-refractivity contribution is 5.59. The Morgan fingerprint density at radius 3 is 1.27 bits per heavy atom. The van der Waals surface area contributed by atoms with Gasteiger partial charge in [0.25, 0.3) is 0 Å². The van der Waals surface area contributed by atoms with Gasteiger partial charge in [0.05, 0.1) is 0 Å². The molecule has 9 aliphatic carbocycles. The molecule has 4 atom stereocenters. The van der Waals surface area contributed by atoms with Crippen LogP contribution < -0.4 is 0 Å². The molecular formula is C22H28. The van der Waals surface area contributed by atoms with Crippen molar-refractivity contribution in [3.8, 4) is 0 Å². The zero-order valence-corrected chi connectivity index (χ0v) is 13.7. The summed E-state index contributed by atoms with van der Waals surface area (Å²) in [7, 11) is 0. The maximum atomic E-state index is 2.84. The Bertz CT molecular complexity index is 550. The zero-order valence-electron chi connectivity index (χ0n) is 13.7. The van der Waals surface area contributed by atoms with Crippen molar-refractivity contribution in [2.24, 2.45) is 46.3 Å². The second-order valence-corrected chi connectivity index (χ2v) is 10.5. The fourth-order valence-electron chi connectivity index (χ4n) is 9.47. The number of rotatable bonds is 0. The summed E-state index contributed by atoms with van der Waals surface area (Å²) in [6.07, 6.45) is 21.4. The van der Waals surface area contributed by atoms with Crippen LogP contribution in [0.15, 0.2) is 23.3 Å². The van der Waals surface area contributed by atoms with Crippen LogP contribution in [0, 0.1) is 46.3 Å². The lowest BCUT2D eigenvalue weighted by Crippen LogP contribution is -2.60. The average Bonchev–Trinajstić information content (AvgIpc) is 2.74. The predicted octanol–water partition coefficient (Wildman–Crippen LogP) is 5.51. The third kappa shape index (κ3) is 1.14. The summed E-state index contributed by atoms with van der Waals surface area (Å²) in [6, 6.07) is 0. The van der Waals surface area contributed by atoms with Crippen LogP contribution in [0.3, 0.4) is 0 Å². The molecule has 0 nitrogen and oxygen atoms in total. The first kappa shape index (κ1) is 11.9. The van der Waals surface area contributed by atoms with E-state index in [9.17, 15) is 0 Å². The van der Waals surface area contributed by atoms with Crippen LogP contribution in [-0.4, -0.2) is 0 Å². The number of hydrogen-bond acceptors (Lipinski definition) is 0. The van der Waals surface area contributed by atoms with Gasteiger partial charge in [-0.15, -0.1) is 0 Å². The Hall–Kier alpha value is -0.520. The molecule has 4 unspecified atom stereocenters. The molecule has 0 radical (unpaired) electrons. The molecule has 0 aromatic carbocycles. The Morgan fingerprint density at radius 1 is 0.545 bits per heavy atom. The molecule has 0 N–H and O–H groups in total. The minimum Gasteiger partial charge on any atom is -0.0773 e. The maximum Gasteiger partial charge on any atom is 0.00550 e. The first-order chi connectivity index (χ1) is 10.7. The normalized spacial score (nSPS) is 62.5. The quantitative estimate of drug-likeness (QED) is 0.552. The summed E-state index contributed by atoms with van der Waals surface area (Å²) < 4.78 is 0. The van der Waals surface area contributed by atoms with E-state index in [1.165, 1.54) is 0 Å². The standard InChI is InChI=1S/C22H28/c1-13-2-16-5-15(1)9-21(10-16)19(7-13)20-8-14-3-17-6-18(4-14)12-22(20,21)11-17/h7-8,13-18H,1-6,9-12H2. The van der Waals surface area contributed by atoms with Gasteiger partial charge in [-0.2, -0.15) is 0 Å². The second-order valence-electron chi connectivity index (χ2n) is 10.5. The molecule has 8 bridgehead atoms. The van der Waals surface area contributed by atoms with Gasteiger partial charge < -0.3 is 0 Å². The molecule has 116 valence electrons. The third-order valence-electron chi connectivity index (χ3n) is 9.47. The van der Waals surface area contributed by atoms with E-state index in [0.29, 0.717) is 10.8 Å². The minimum atomic E-state index is 0.674. The van der Waals surface area contributed by atoms with E-state index in [1.807, 2.05) is 11.1 Å². The lowest BCUT2D eigenvalue weighted by molar-refractivity contribution is -0.0887. The summed E-state index contributed by atoms with van der Waals surface area (Å²) in [5.74, 6) is 6.25. The summed E-state index contributed by atoms with van der Waals surface area (Å²) in [6.45, 7) is 0. The fourth-order valence-corrected chi connectivity index (χ4v) is 9.47. The third-order valence-corrected chi connectivity index (χ3v) is 9.47. The van der Waals surface area contributed by atoms with Crippen molar-refractivity contribution in [3.63, 3.8) is 0 Å². The van der Waals surface area contributed by atoms with Gasteiger partial charge in [-0.05, 0) is 111 Å². The van der Waals surface area contributed by atoms with Crippen LogP contribution in [0.25, 0.3) is 0 Å². The summed E-state index contributed by atoms with van der Waals surface area (Å²) in [4.78, 5) is 0. The molecule has 0 aromatic heterocycles. The maximum absolute atomic E-state index is 2.84. The van der Waals surface area contributed by atoms with Crippen LogP contribution in [-0.2, 0) is 0 Å². The number of hydrogen-bond donors (Lipinski definition) is 0. The van der Waals surface area contributed by atoms with E-state index in [0.717, 1.165) is 35.5 Å². The van der Waals surface area contributed by atoms with Crippen molar-refractivity contribution in [2.75, 3.05) is 0 Å².